The lowest BCUT2D eigenvalue weighted by molar-refractivity contribution is 0.217. The van der Waals surface area contributed by atoms with Crippen LogP contribution in [-0.4, -0.2) is 14.0 Å². The molecular weight excluding hydrogens is 259 g/mol. The molecule has 2 atom stereocenters. The third kappa shape index (κ3) is 3.36. The monoisotopic (exact) mass is 264 g/mol. The van der Waals surface area contributed by atoms with Gasteiger partial charge in [0, 0.05) is 0 Å². The Bertz CT molecular complexity index is 31.8. The molecule has 2 unspecified atom stereocenters. The van der Waals surface area contributed by atoms with E-state index in [2.05, 4.69) is 38.5 Å². The maximum atomic E-state index is 8.58. The number of halogens is 2. The largest absolute Gasteiger partial charge is 0.391 e. The summed E-state index contributed by atoms with van der Waals surface area (Å²) in [4.78, 5) is 0. The molecule has 6 heavy (non-hydrogen) atoms. The first kappa shape index (κ1) is 7.17. The molecule has 1 nitrogen and oxygen atoms in total. The lowest BCUT2D eigenvalue weighted by Crippen LogP contribution is -2.07. The second kappa shape index (κ2) is 3.21. The van der Waals surface area contributed by atoms with E-state index in [-0.39, 0.29) is 8.94 Å². The van der Waals surface area contributed by atoms with Crippen LogP contribution in [0.5, 0.6) is 0 Å². The second-order valence-corrected chi connectivity index (χ2v) is 5.12. The maximum absolute atomic E-state index is 8.58. The fourth-order valence-electron chi connectivity index (χ4n) is 0. The Kier molecular flexibility index (Phi) is 3.83. The molecule has 0 heterocycles. The molecular formula is C3H6BrIO. The first-order chi connectivity index (χ1) is 2.64. The van der Waals surface area contributed by atoms with Gasteiger partial charge >= 0.3 is 0 Å². The van der Waals surface area contributed by atoms with Crippen molar-refractivity contribution in [1.82, 2.24) is 0 Å². The zero-order valence-corrected chi connectivity index (χ0v) is 7.10. The van der Waals surface area contributed by atoms with Crippen LogP contribution in [0.15, 0.2) is 0 Å². The van der Waals surface area contributed by atoms with Gasteiger partial charge in [-0.15, -0.1) is 0 Å². The molecule has 0 aromatic carbocycles. The molecule has 0 aliphatic rings. The molecule has 0 aliphatic carbocycles. The van der Waals surface area contributed by atoms with Crippen LogP contribution in [0.2, 0.25) is 0 Å². The van der Waals surface area contributed by atoms with Crippen molar-refractivity contribution < 1.29 is 5.11 Å². The van der Waals surface area contributed by atoms with Crippen LogP contribution < -0.4 is 0 Å². The van der Waals surface area contributed by atoms with Gasteiger partial charge in [-0.05, 0) is 6.92 Å². The van der Waals surface area contributed by atoms with E-state index >= 15 is 0 Å². The van der Waals surface area contributed by atoms with Gasteiger partial charge in [-0.25, -0.2) is 0 Å². The van der Waals surface area contributed by atoms with E-state index in [0.717, 1.165) is 0 Å². The maximum Gasteiger partial charge on any atom is 0.0917 e. The molecule has 0 aromatic rings. The zero-order chi connectivity index (χ0) is 5.15. The van der Waals surface area contributed by atoms with Gasteiger partial charge in [-0.2, -0.15) is 0 Å². The Morgan fingerprint density at radius 2 is 2.00 bits per heavy atom. The molecule has 0 rings (SSSR count). The second-order valence-electron chi connectivity index (χ2n) is 1.08. The van der Waals surface area contributed by atoms with Crippen LogP contribution in [0.25, 0.3) is 0 Å². The molecule has 1 N–H and O–H groups in total. The molecule has 0 aromatic heterocycles. The van der Waals surface area contributed by atoms with Gasteiger partial charge in [0.2, 0.25) is 0 Å². The van der Waals surface area contributed by atoms with Gasteiger partial charge in [0.05, 0.1) is 8.94 Å². The van der Waals surface area contributed by atoms with Crippen LogP contribution in [-0.2, 0) is 0 Å². The lowest BCUT2D eigenvalue weighted by Gasteiger charge is -2.00. The van der Waals surface area contributed by atoms with E-state index in [1.807, 2.05) is 0 Å². The summed E-state index contributed by atoms with van der Waals surface area (Å²) in [6.45, 7) is 1.74. The fourth-order valence-corrected chi connectivity index (χ4v) is 0. The first-order valence-electron chi connectivity index (χ1n) is 1.61. The smallest absolute Gasteiger partial charge is 0.0917 e. The summed E-state index contributed by atoms with van der Waals surface area (Å²) in [6, 6.07) is 0. The van der Waals surface area contributed by atoms with Crippen molar-refractivity contribution in [2.45, 2.75) is 15.9 Å². The molecule has 3 heteroatoms. The topological polar surface area (TPSA) is 20.2 Å². The minimum absolute atomic E-state index is 0.190. The van der Waals surface area contributed by atoms with Crippen molar-refractivity contribution in [3.8, 4) is 0 Å². The van der Waals surface area contributed by atoms with Gasteiger partial charge in [0.25, 0.3) is 0 Å². The molecule has 0 saturated carbocycles. The van der Waals surface area contributed by atoms with Gasteiger partial charge in [0.1, 0.15) is 0 Å². The predicted molar refractivity (Wildman–Crippen MR) is 38.4 cm³/mol. The summed E-state index contributed by atoms with van der Waals surface area (Å²) in [5.41, 5.74) is 0. The standard InChI is InChI=1S/C3H6BrIO/c1-2(6)3(4)5/h2-3,6H,1H3. The molecule has 0 saturated heterocycles. The van der Waals surface area contributed by atoms with Gasteiger partial charge in [-0.1, -0.05) is 38.5 Å². The lowest BCUT2D eigenvalue weighted by atomic mass is 10.5. The molecule has 38 valence electrons. The number of rotatable bonds is 1. The number of alkyl halides is 2. The van der Waals surface area contributed by atoms with E-state index in [4.69, 9.17) is 5.11 Å². The highest BCUT2D eigenvalue weighted by Gasteiger charge is 2.02. The van der Waals surface area contributed by atoms with E-state index in [9.17, 15) is 0 Å². The Balaban J connectivity index is 2.99. The number of aliphatic hydroxyl groups is 1. The summed E-state index contributed by atoms with van der Waals surface area (Å²) in [7, 11) is 0. The van der Waals surface area contributed by atoms with Crippen LogP contribution in [0.1, 0.15) is 6.92 Å². The van der Waals surface area contributed by atoms with Gasteiger partial charge < -0.3 is 5.11 Å². The third-order valence-corrected chi connectivity index (χ3v) is 2.17. The molecule has 0 aliphatic heterocycles. The third-order valence-electron chi connectivity index (χ3n) is 0.365. The Labute approximate surface area is 59.4 Å². The number of aliphatic hydroxyl groups excluding tert-OH is 1. The van der Waals surface area contributed by atoms with Gasteiger partial charge in [-0.3, -0.25) is 0 Å². The summed E-state index contributed by atoms with van der Waals surface area (Å²) in [5.74, 6) is 0. The summed E-state index contributed by atoms with van der Waals surface area (Å²) in [5, 5.41) is 8.58. The molecule has 0 fully saturated rings. The van der Waals surface area contributed by atoms with Crippen LogP contribution in [0.3, 0.4) is 0 Å². The van der Waals surface area contributed by atoms with Crippen molar-refractivity contribution in [2.75, 3.05) is 0 Å². The minimum atomic E-state index is -0.245. The predicted octanol–water partition coefficient (Wildman–Crippen LogP) is 1.52. The highest BCUT2D eigenvalue weighted by molar-refractivity contribution is 14.1. The number of hydrogen-bond donors (Lipinski definition) is 1. The highest BCUT2D eigenvalue weighted by atomic mass is 127. The van der Waals surface area contributed by atoms with Gasteiger partial charge in [0.15, 0.2) is 0 Å². The number of hydrogen-bond acceptors (Lipinski definition) is 1. The fraction of sp³-hybridized carbons (Fsp3) is 1.00. The van der Waals surface area contributed by atoms with Crippen LogP contribution >= 0.6 is 38.5 Å². The zero-order valence-electron chi connectivity index (χ0n) is 3.36. The van der Waals surface area contributed by atoms with Crippen molar-refractivity contribution in [1.29, 1.82) is 0 Å². The molecule has 0 bridgehead atoms. The highest BCUT2D eigenvalue weighted by Crippen LogP contribution is 2.12. The van der Waals surface area contributed by atoms with Crippen LogP contribution in [0.4, 0.5) is 0 Å². The summed E-state index contributed by atoms with van der Waals surface area (Å²) < 4.78 is 0.190. The molecule has 0 amide bonds. The SMILES string of the molecule is CC(O)C(Br)I. The normalized spacial score (nSPS) is 20.0. The van der Waals surface area contributed by atoms with Crippen molar-refractivity contribution >= 4 is 38.5 Å². The van der Waals surface area contributed by atoms with Crippen LogP contribution in [0, 0.1) is 0 Å². The summed E-state index contributed by atoms with van der Waals surface area (Å²) in [6.07, 6.45) is -0.245. The molecule has 0 spiro atoms. The van der Waals surface area contributed by atoms with Crippen molar-refractivity contribution in [3.05, 3.63) is 0 Å². The van der Waals surface area contributed by atoms with E-state index in [0.29, 0.717) is 0 Å². The molecule has 0 radical (unpaired) electrons. The first-order valence-corrected chi connectivity index (χ1v) is 3.77. The Hall–Kier alpha value is 1.17. The summed E-state index contributed by atoms with van der Waals surface area (Å²) >= 11 is 5.27. The van der Waals surface area contributed by atoms with Crippen molar-refractivity contribution in [3.63, 3.8) is 0 Å². The Morgan fingerprint density at radius 1 is 1.83 bits per heavy atom. The average molecular weight is 265 g/mol. The van der Waals surface area contributed by atoms with E-state index in [1.165, 1.54) is 0 Å². The van der Waals surface area contributed by atoms with E-state index < -0.39 is 0 Å². The average Bonchev–Trinajstić information content (AvgIpc) is 1.36. The minimum Gasteiger partial charge on any atom is -0.391 e. The van der Waals surface area contributed by atoms with E-state index in [1.54, 1.807) is 6.92 Å². The van der Waals surface area contributed by atoms with Crippen molar-refractivity contribution in [2.24, 2.45) is 0 Å². The quantitative estimate of drug-likeness (QED) is 0.563. The Morgan fingerprint density at radius 3 is 2.00 bits per heavy atom.